The summed E-state index contributed by atoms with van der Waals surface area (Å²) in [5.41, 5.74) is 7.23. The lowest BCUT2D eigenvalue weighted by Gasteiger charge is -2.18. The highest BCUT2D eigenvalue weighted by Crippen LogP contribution is 2.45. The Balaban J connectivity index is 1.70. The molecule has 0 aliphatic heterocycles. The smallest absolute Gasteiger partial charge is 0.321 e. The Morgan fingerprint density at radius 2 is 2.15 bits per heavy atom. The summed E-state index contributed by atoms with van der Waals surface area (Å²) in [5, 5.41) is 5.68. The lowest BCUT2D eigenvalue weighted by molar-refractivity contribution is 0.247. The number of carbonyl (C=O) groups excluding carboxylic acids is 1. The number of nitrogens with two attached hydrogens (primary N) is 1. The number of benzene rings is 1. The second-order valence-electron chi connectivity index (χ2n) is 4.88. The van der Waals surface area contributed by atoms with Gasteiger partial charge in [0.25, 0.3) is 0 Å². The van der Waals surface area contributed by atoms with Gasteiger partial charge < -0.3 is 11.1 Å². The first-order valence-corrected chi connectivity index (χ1v) is 6.39. The number of nitrogens with one attached hydrogen (secondary N) is 2. The molecule has 4 N–H and O–H groups in total. The number of urea groups is 1. The predicted molar refractivity (Wildman–Crippen MR) is 76.0 cm³/mol. The second kappa shape index (κ2) is 4.80. The average Bonchev–Trinajstić information content (AvgIpc) is 3.20. The van der Waals surface area contributed by atoms with Gasteiger partial charge in [-0.25, -0.2) is 14.8 Å². The number of rotatable bonds is 3. The van der Waals surface area contributed by atoms with E-state index in [1.54, 1.807) is 12.3 Å². The first-order chi connectivity index (χ1) is 9.68. The van der Waals surface area contributed by atoms with E-state index in [0.29, 0.717) is 11.5 Å². The van der Waals surface area contributed by atoms with Crippen molar-refractivity contribution < 1.29 is 4.79 Å². The molecule has 0 spiro atoms. The van der Waals surface area contributed by atoms with Gasteiger partial charge in [-0.2, -0.15) is 0 Å². The van der Waals surface area contributed by atoms with E-state index in [2.05, 4.69) is 20.6 Å². The second-order valence-corrected chi connectivity index (χ2v) is 4.88. The number of carbonyl (C=O) groups is 1. The molecule has 1 fully saturated rings. The van der Waals surface area contributed by atoms with E-state index in [9.17, 15) is 4.79 Å². The Hall–Kier alpha value is -2.63. The molecule has 1 aromatic heterocycles. The summed E-state index contributed by atoms with van der Waals surface area (Å²) in [5.74, 6) is 0.473. The monoisotopic (exact) mass is 269 g/mol. The third-order valence-corrected chi connectivity index (χ3v) is 3.37. The fourth-order valence-corrected chi connectivity index (χ4v) is 2.18. The number of hydrogen-bond donors (Lipinski definition) is 3. The Morgan fingerprint density at radius 1 is 1.30 bits per heavy atom. The number of anilines is 2. The summed E-state index contributed by atoms with van der Waals surface area (Å²) in [6, 6.07) is 8.98. The average molecular weight is 269 g/mol. The fourth-order valence-electron chi connectivity index (χ4n) is 2.18. The third kappa shape index (κ3) is 2.54. The van der Waals surface area contributed by atoms with Crippen LogP contribution in [-0.4, -0.2) is 16.0 Å². The summed E-state index contributed by atoms with van der Waals surface area (Å²) in [4.78, 5) is 19.8. The molecule has 1 saturated carbocycles. The standard InChI is InChI=1S/C14H15N5O/c15-11-3-1-2-10(8-11)14(5-6-14)19-13(20)18-12-4-7-16-9-17-12/h1-4,7-9H,5-6,15H2,(H2,16,17,18,19,20). The molecule has 102 valence electrons. The van der Waals surface area contributed by atoms with Crippen molar-refractivity contribution in [2.24, 2.45) is 0 Å². The first-order valence-electron chi connectivity index (χ1n) is 6.39. The van der Waals surface area contributed by atoms with Gasteiger partial charge in [-0.1, -0.05) is 12.1 Å². The summed E-state index contributed by atoms with van der Waals surface area (Å²) in [7, 11) is 0. The van der Waals surface area contributed by atoms with Crippen molar-refractivity contribution >= 4 is 17.5 Å². The largest absolute Gasteiger partial charge is 0.399 e. The quantitative estimate of drug-likeness (QED) is 0.741. The van der Waals surface area contributed by atoms with Crippen LogP contribution in [0.15, 0.2) is 42.9 Å². The van der Waals surface area contributed by atoms with Crippen molar-refractivity contribution in [1.29, 1.82) is 0 Å². The highest BCUT2D eigenvalue weighted by atomic mass is 16.2. The molecule has 1 heterocycles. The van der Waals surface area contributed by atoms with Crippen molar-refractivity contribution in [3.63, 3.8) is 0 Å². The van der Waals surface area contributed by atoms with Crippen molar-refractivity contribution in [2.75, 3.05) is 11.1 Å². The first kappa shape index (κ1) is 12.4. The van der Waals surface area contributed by atoms with Gasteiger partial charge >= 0.3 is 6.03 Å². The predicted octanol–water partition coefficient (Wildman–Crippen LogP) is 1.87. The number of nitrogens with zero attached hydrogens (tertiary/aromatic N) is 2. The minimum Gasteiger partial charge on any atom is -0.399 e. The molecule has 2 aromatic rings. The van der Waals surface area contributed by atoms with Crippen LogP contribution in [0.4, 0.5) is 16.3 Å². The van der Waals surface area contributed by atoms with Crippen LogP contribution in [0.25, 0.3) is 0 Å². The number of nitrogen functional groups attached to an aromatic ring is 1. The topological polar surface area (TPSA) is 92.9 Å². The molecule has 0 atom stereocenters. The van der Waals surface area contributed by atoms with Crippen molar-refractivity contribution in [2.45, 2.75) is 18.4 Å². The zero-order valence-corrected chi connectivity index (χ0v) is 10.8. The molecule has 1 aromatic carbocycles. The molecule has 0 saturated heterocycles. The van der Waals surface area contributed by atoms with E-state index in [-0.39, 0.29) is 11.6 Å². The van der Waals surface area contributed by atoms with E-state index in [0.717, 1.165) is 18.4 Å². The fraction of sp³-hybridized carbons (Fsp3) is 0.214. The molecule has 0 bridgehead atoms. The third-order valence-electron chi connectivity index (χ3n) is 3.37. The van der Waals surface area contributed by atoms with Gasteiger partial charge in [-0.3, -0.25) is 5.32 Å². The zero-order chi connectivity index (χ0) is 14.0. The van der Waals surface area contributed by atoms with Crippen LogP contribution in [-0.2, 0) is 5.54 Å². The van der Waals surface area contributed by atoms with Gasteiger partial charge in [0, 0.05) is 11.9 Å². The molecule has 6 heteroatoms. The Kier molecular flexibility index (Phi) is 2.98. The van der Waals surface area contributed by atoms with Crippen LogP contribution in [0.1, 0.15) is 18.4 Å². The number of amides is 2. The van der Waals surface area contributed by atoms with Gasteiger partial charge in [0.1, 0.15) is 12.1 Å². The van der Waals surface area contributed by atoms with Gasteiger partial charge in [-0.15, -0.1) is 0 Å². The van der Waals surface area contributed by atoms with Crippen molar-refractivity contribution in [3.8, 4) is 0 Å². The van der Waals surface area contributed by atoms with Crippen LogP contribution in [0.5, 0.6) is 0 Å². The molecule has 3 rings (SSSR count). The van der Waals surface area contributed by atoms with Crippen LogP contribution >= 0.6 is 0 Å². The molecular weight excluding hydrogens is 254 g/mol. The SMILES string of the molecule is Nc1cccc(C2(NC(=O)Nc3ccncn3)CC2)c1. The zero-order valence-electron chi connectivity index (χ0n) is 10.8. The Morgan fingerprint density at radius 3 is 2.80 bits per heavy atom. The van der Waals surface area contributed by atoms with E-state index in [1.165, 1.54) is 6.33 Å². The van der Waals surface area contributed by atoms with Gasteiger partial charge in [0.2, 0.25) is 0 Å². The summed E-state index contributed by atoms with van der Waals surface area (Å²) in [6.45, 7) is 0. The van der Waals surface area contributed by atoms with Gasteiger partial charge in [0.05, 0.1) is 5.54 Å². The maximum atomic E-state index is 12.0. The Bertz CT molecular complexity index is 624. The molecule has 2 amide bonds. The molecule has 1 aliphatic carbocycles. The maximum Gasteiger partial charge on any atom is 0.321 e. The van der Waals surface area contributed by atoms with Gasteiger partial charge in [0.15, 0.2) is 0 Å². The summed E-state index contributed by atoms with van der Waals surface area (Å²) in [6.07, 6.45) is 4.79. The van der Waals surface area contributed by atoms with E-state index >= 15 is 0 Å². The summed E-state index contributed by atoms with van der Waals surface area (Å²) >= 11 is 0. The van der Waals surface area contributed by atoms with Crippen molar-refractivity contribution in [1.82, 2.24) is 15.3 Å². The highest BCUT2D eigenvalue weighted by Gasteiger charge is 2.45. The van der Waals surface area contributed by atoms with Crippen LogP contribution in [0.3, 0.4) is 0 Å². The Labute approximate surface area is 116 Å². The molecular formula is C14H15N5O. The van der Waals surface area contributed by atoms with Crippen LogP contribution in [0, 0.1) is 0 Å². The molecule has 0 radical (unpaired) electrons. The number of hydrogen-bond acceptors (Lipinski definition) is 4. The van der Waals surface area contributed by atoms with Crippen LogP contribution in [0.2, 0.25) is 0 Å². The van der Waals surface area contributed by atoms with Crippen LogP contribution < -0.4 is 16.4 Å². The molecule has 6 nitrogen and oxygen atoms in total. The van der Waals surface area contributed by atoms with E-state index in [1.807, 2.05) is 24.3 Å². The molecule has 0 unspecified atom stereocenters. The lowest BCUT2D eigenvalue weighted by Crippen LogP contribution is -2.38. The van der Waals surface area contributed by atoms with Gasteiger partial charge in [-0.05, 0) is 36.6 Å². The normalized spacial score (nSPS) is 15.4. The lowest BCUT2D eigenvalue weighted by atomic mass is 10.0. The molecule has 1 aliphatic rings. The molecule has 20 heavy (non-hydrogen) atoms. The minimum atomic E-state index is -0.299. The minimum absolute atomic E-state index is 0.274. The summed E-state index contributed by atoms with van der Waals surface area (Å²) < 4.78 is 0. The number of aromatic nitrogens is 2. The van der Waals surface area contributed by atoms with Crippen molar-refractivity contribution in [3.05, 3.63) is 48.4 Å². The van der Waals surface area contributed by atoms with E-state index in [4.69, 9.17) is 5.73 Å². The maximum absolute atomic E-state index is 12.0. The van der Waals surface area contributed by atoms with E-state index < -0.39 is 0 Å². The highest BCUT2D eigenvalue weighted by molar-refractivity contribution is 5.89.